The molecule has 3 aromatic carbocycles. The second-order valence-electron chi connectivity index (χ2n) is 5.87. The zero-order valence-corrected chi connectivity index (χ0v) is 15.1. The standard InChI is InChI=1S/C21H18N4S/c1-15-9-5-6-12-17(15)22-20-21(25-26-16-10-3-2-4-11-16)24-19-14-8-7-13-18(19)23-20/h2-14H,1H3,(H,22,23)(H,24,25). The summed E-state index contributed by atoms with van der Waals surface area (Å²) in [5.41, 5.74) is 3.90. The van der Waals surface area contributed by atoms with Gasteiger partial charge in [-0.25, -0.2) is 9.97 Å². The summed E-state index contributed by atoms with van der Waals surface area (Å²) in [5.74, 6) is 1.42. The van der Waals surface area contributed by atoms with E-state index in [0.29, 0.717) is 11.6 Å². The van der Waals surface area contributed by atoms with E-state index in [1.165, 1.54) is 11.9 Å². The van der Waals surface area contributed by atoms with E-state index < -0.39 is 0 Å². The average molecular weight is 358 g/mol. The molecule has 0 radical (unpaired) electrons. The molecular weight excluding hydrogens is 340 g/mol. The largest absolute Gasteiger partial charge is 0.337 e. The van der Waals surface area contributed by atoms with E-state index in [1.54, 1.807) is 0 Å². The maximum atomic E-state index is 4.77. The van der Waals surface area contributed by atoms with Crippen LogP contribution in [0.4, 0.5) is 17.3 Å². The molecule has 0 unspecified atom stereocenters. The van der Waals surface area contributed by atoms with Gasteiger partial charge in [0, 0.05) is 10.6 Å². The van der Waals surface area contributed by atoms with E-state index in [-0.39, 0.29) is 0 Å². The van der Waals surface area contributed by atoms with Crippen LogP contribution < -0.4 is 10.0 Å². The fraction of sp³-hybridized carbons (Fsp3) is 0.0476. The molecule has 5 heteroatoms. The molecule has 0 atom stereocenters. The highest BCUT2D eigenvalue weighted by Gasteiger charge is 2.10. The zero-order valence-electron chi connectivity index (χ0n) is 14.3. The summed E-state index contributed by atoms with van der Waals surface area (Å²) in [6.07, 6.45) is 0. The fourth-order valence-electron chi connectivity index (χ4n) is 2.59. The highest BCUT2D eigenvalue weighted by Crippen LogP contribution is 2.29. The first-order valence-corrected chi connectivity index (χ1v) is 9.18. The van der Waals surface area contributed by atoms with E-state index in [1.807, 2.05) is 60.7 Å². The Hall–Kier alpha value is -3.05. The lowest BCUT2D eigenvalue weighted by molar-refractivity contribution is 1.28. The monoisotopic (exact) mass is 358 g/mol. The van der Waals surface area contributed by atoms with Crippen LogP contribution in [0.5, 0.6) is 0 Å². The molecule has 0 aliphatic heterocycles. The number of hydrogen-bond acceptors (Lipinski definition) is 5. The molecule has 0 fully saturated rings. The molecule has 2 N–H and O–H groups in total. The van der Waals surface area contributed by atoms with Gasteiger partial charge in [-0.15, -0.1) is 0 Å². The summed E-state index contributed by atoms with van der Waals surface area (Å²) in [4.78, 5) is 10.6. The number of hydrogen-bond donors (Lipinski definition) is 2. The average Bonchev–Trinajstić information content (AvgIpc) is 2.69. The lowest BCUT2D eigenvalue weighted by Crippen LogP contribution is -2.03. The third-order valence-electron chi connectivity index (χ3n) is 3.98. The Labute approximate surface area is 156 Å². The lowest BCUT2D eigenvalue weighted by atomic mass is 10.2. The molecule has 1 aromatic heterocycles. The van der Waals surface area contributed by atoms with Gasteiger partial charge in [-0.1, -0.05) is 48.5 Å². The second kappa shape index (κ2) is 7.45. The SMILES string of the molecule is Cc1ccccc1Nc1nc2ccccc2nc1NSc1ccccc1. The van der Waals surface area contributed by atoms with Gasteiger partial charge in [-0.05, 0) is 54.8 Å². The van der Waals surface area contributed by atoms with Gasteiger partial charge in [0.05, 0.1) is 11.0 Å². The van der Waals surface area contributed by atoms with Crippen molar-refractivity contribution in [3.63, 3.8) is 0 Å². The Bertz CT molecular complexity index is 1030. The lowest BCUT2D eigenvalue weighted by Gasteiger charge is -2.14. The molecule has 0 amide bonds. The summed E-state index contributed by atoms with van der Waals surface area (Å²) in [6, 6.07) is 26.2. The van der Waals surface area contributed by atoms with Crippen LogP contribution in [0.15, 0.2) is 83.8 Å². The van der Waals surface area contributed by atoms with Crippen LogP contribution >= 0.6 is 11.9 Å². The van der Waals surface area contributed by atoms with Crippen molar-refractivity contribution in [2.45, 2.75) is 11.8 Å². The van der Waals surface area contributed by atoms with Crippen LogP contribution in [0.1, 0.15) is 5.56 Å². The molecule has 26 heavy (non-hydrogen) atoms. The van der Waals surface area contributed by atoms with E-state index in [0.717, 1.165) is 27.2 Å². The third-order valence-corrected chi connectivity index (χ3v) is 4.78. The molecule has 0 saturated heterocycles. The Balaban J connectivity index is 1.70. The molecule has 4 nitrogen and oxygen atoms in total. The minimum absolute atomic E-state index is 0.709. The summed E-state index contributed by atoms with van der Waals surface area (Å²) in [6.45, 7) is 2.07. The summed E-state index contributed by atoms with van der Waals surface area (Å²) in [7, 11) is 0. The van der Waals surface area contributed by atoms with E-state index >= 15 is 0 Å². The number of aromatic nitrogens is 2. The maximum absolute atomic E-state index is 4.77. The molecule has 0 bridgehead atoms. The molecule has 0 aliphatic carbocycles. The van der Waals surface area contributed by atoms with Crippen molar-refractivity contribution >= 4 is 40.3 Å². The first kappa shape index (κ1) is 16.4. The predicted molar refractivity (Wildman–Crippen MR) is 110 cm³/mol. The zero-order chi connectivity index (χ0) is 17.8. The van der Waals surface area contributed by atoms with Gasteiger partial charge in [0.15, 0.2) is 11.6 Å². The second-order valence-corrected chi connectivity index (χ2v) is 6.75. The maximum Gasteiger partial charge on any atom is 0.180 e. The topological polar surface area (TPSA) is 49.8 Å². The fourth-order valence-corrected chi connectivity index (χ4v) is 3.24. The van der Waals surface area contributed by atoms with Gasteiger partial charge in [-0.2, -0.15) is 0 Å². The van der Waals surface area contributed by atoms with Crippen LogP contribution in [0.3, 0.4) is 0 Å². The molecule has 0 aliphatic rings. The number of benzene rings is 3. The summed E-state index contributed by atoms with van der Waals surface area (Å²) in [5, 5.41) is 3.42. The van der Waals surface area contributed by atoms with Crippen molar-refractivity contribution in [3.05, 3.63) is 84.4 Å². The molecule has 128 valence electrons. The normalized spacial score (nSPS) is 10.7. The van der Waals surface area contributed by atoms with Crippen LogP contribution in [0.25, 0.3) is 11.0 Å². The number of para-hydroxylation sites is 3. The summed E-state index contributed by atoms with van der Waals surface area (Å²) >= 11 is 1.52. The number of rotatable bonds is 5. The highest BCUT2D eigenvalue weighted by molar-refractivity contribution is 8.00. The first-order chi connectivity index (χ1) is 12.8. The van der Waals surface area contributed by atoms with Crippen LogP contribution in [-0.2, 0) is 0 Å². The van der Waals surface area contributed by atoms with Gasteiger partial charge < -0.3 is 10.0 Å². The van der Waals surface area contributed by atoms with E-state index in [2.05, 4.69) is 35.2 Å². The Morgan fingerprint density at radius 2 is 1.31 bits per heavy atom. The molecule has 0 spiro atoms. The quantitative estimate of drug-likeness (QED) is 0.442. The Morgan fingerprint density at radius 1 is 0.692 bits per heavy atom. The van der Waals surface area contributed by atoms with Crippen molar-refractivity contribution in [2.75, 3.05) is 10.0 Å². The van der Waals surface area contributed by atoms with Gasteiger partial charge in [0.1, 0.15) is 0 Å². The number of nitrogens with zero attached hydrogens (tertiary/aromatic N) is 2. The van der Waals surface area contributed by atoms with Crippen LogP contribution in [0.2, 0.25) is 0 Å². The van der Waals surface area contributed by atoms with Crippen molar-refractivity contribution in [1.29, 1.82) is 0 Å². The Kier molecular flexibility index (Phi) is 4.71. The van der Waals surface area contributed by atoms with Crippen molar-refractivity contribution in [2.24, 2.45) is 0 Å². The van der Waals surface area contributed by atoms with Gasteiger partial charge in [0.25, 0.3) is 0 Å². The van der Waals surface area contributed by atoms with E-state index in [4.69, 9.17) is 9.97 Å². The van der Waals surface area contributed by atoms with Gasteiger partial charge >= 0.3 is 0 Å². The molecule has 4 aromatic rings. The minimum Gasteiger partial charge on any atom is -0.337 e. The van der Waals surface area contributed by atoms with Crippen molar-refractivity contribution in [1.82, 2.24) is 9.97 Å². The summed E-state index contributed by atoms with van der Waals surface area (Å²) < 4.78 is 3.34. The number of fused-ring (bicyclic) bond motifs is 1. The molecule has 0 saturated carbocycles. The first-order valence-electron chi connectivity index (χ1n) is 8.37. The van der Waals surface area contributed by atoms with Crippen LogP contribution in [0, 0.1) is 6.92 Å². The van der Waals surface area contributed by atoms with Gasteiger partial charge in [-0.3, -0.25) is 0 Å². The molecule has 4 rings (SSSR count). The smallest absolute Gasteiger partial charge is 0.180 e. The number of nitrogens with one attached hydrogen (secondary N) is 2. The minimum atomic E-state index is 0.709. The van der Waals surface area contributed by atoms with Crippen molar-refractivity contribution < 1.29 is 0 Å². The number of aryl methyl sites for hydroxylation is 1. The molecule has 1 heterocycles. The molecular formula is C21H18N4S. The van der Waals surface area contributed by atoms with Crippen LogP contribution in [-0.4, -0.2) is 9.97 Å². The number of anilines is 3. The highest BCUT2D eigenvalue weighted by atomic mass is 32.2. The van der Waals surface area contributed by atoms with Crippen molar-refractivity contribution in [3.8, 4) is 0 Å². The Morgan fingerprint density at radius 3 is 2.04 bits per heavy atom. The predicted octanol–water partition coefficient (Wildman–Crippen LogP) is 5.80. The van der Waals surface area contributed by atoms with Gasteiger partial charge in [0.2, 0.25) is 0 Å². The van der Waals surface area contributed by atoms with E-state index in [9.17, 15) is 0 Å². The third kappa shape index (κ3) is 3.63.